The number of aromatic nitrogens is 2. The van der Waals surface area contributed by atoms with Gasteiger partial charge in [-0.15, -0.1) is 0 Å². The molecule has 182 valence electrons. The van der Waals surface area contributed by atoms with Crippen LogP contribution in [-0.4, -0.2) is 96.4 Å². The van der Waals surface area contributed by atoms with Gasteiger partial charge in [0.05, 0.1) is 22.4 Å². The number of phenolic OH excluding ortho intramolecular Hbond substituents is 1. The van der Waals surface area contributed by atoms with Crippen molar-refractivity contribution in [1.29, 1.82) is 0 Å². The van der Waals surface area contributed by atoms with Crippen LogP contribution in [0.15, 0.2) is 27.8 Å². The van der Waals surface area contributed by atoms with E-state index >= 15 is 0 Å². The lowest BCUT2D eigenvalue weighted by atomic mass is 10.1. The normalized spacial score (nSPS) is 13.2. The molecule has 1 atom stereocenters. The minimum atomic E-state index is -0.666. The van der Waals surface area contributed by atoms with E-state index in [0.717, 1.165) is 6.07 Å². The number of H-pyrrole nitrogens is 1. The number of nitrogens with one attached hydrogen (secondary N) is 3. The molecule has 1 heterocycles. The highest BCUT2D eigenvalue weighted by Crippen LogP contribution is 2.15. The van der Waals surface area contributed by atoms with Gasteiger partial charge in [0.1, 0.15) is 22.3 Å². The van der Waals surface area contributed by atoms with E-state index < -0.39 is 22.9 Å². The van der Waals surface area contributed by atoms with Crippen molar-refractivity contribution >= 4 is 34.2 Å². The molecule has 0 aliphatic carbocycles. The van der Waals surface area contributed by atoms with Crippen LogP contribution < -0.4 is 26.7 Å². The van der Waals surface area contributed by atoms with Crippen LogP contribution in [0, 0.1) is 0 Å². The maximum Gasteiger partial charge on any atom is 0.253 e. The number of likely N-dealkylation sites (N-methyl/N-ethyl adjacent to an activating group) is 2. The molecule has 0 aliphatic heterocycles. The zero-order chi connectivity index (χ0) is 25.0. The van der Waals surface area contributed by atoms with Gasteiger partial charge < -0.3 is 35.6 Å². The van der Waals surface area contributed by atoms with E-state index in [0.29, 0.717) is 19.6 Å². The average Bonchev–Trinajstić information content (AvgIpc) is 2.74. The molecular formula is C23H30N6O5. The third kappa shape index (κ3) is 5.68. The number of aliphatic hydroxyl groups is 1. The molecule has 3 rings (SSSR count). The van der Waals surface area contributed by atoms with E-state index in [2.05, 4.69) is 20.6 Å². The second kappa shape index (κ2) is 10.6. The van der Waals surface area contributed by atoms with Crippen molar-refractivity contribution in [2.45, 2.75) is 6.10 Å². The summed E-state index contributed by atoms with van der Waals surface area (Å²) in [4.78, 5) is 48.9. The van der Waals surface area contributed by atoms with Gasteiger partial charge in [-0.05, 0) is 40.3 Å². The molecule has 0 aliphatic rings. The molecule has 0 radical (unpaired) electrons. The molecule has 3 aromatic rings. The van der Waals surface area contributed by atoms with Gasteiger partial charge in [-0.1, -0.05) is 0 Å². The van der Waals surface area contributed by atoms with Gasteiger partial charge in [-0.25, -0.2) is 4.98 Å². The number of amides is 1. The Hall–Kier alpha value is -3.54. The molecule has 2 aromatic carbocycles. The first-order chi connectivity index (χ1) is 16.1. The summed E-state index contributed by atoms with van der Waals surface area (Å²) in [5.41, 5.74) is -0.554. The van der Waals surface area contributed by atoms with Crippen molar-refractivity contribution in [3.63, 3.8) is 0 Å². The Morgan fingerprint density at radius 3 is 2.53 bits per heavy atom. The van der Waals surface area contributed by atoms with E-state index in [4.69, 9.17) is 0 Å². The van der Waals surface area contributed by atoms with E-state index in [1.54, 1.807) is 0 Å². The first kappa shape index (κ1) is 25.1. The summed E-state index contributed by atoms with van der Waals surface area (Å²) in [6.45, 7) is 1.66. The quantitative estimate of drug-likeness (QED) is 0.233. The molecule has 11 nitrogen and oxygen atoms in total. The van der Waals surface area contributed by atoms with Crippen molar-refractivity contribution in [2.75, 3.05) is 54.4 Å². The standard InChI is InChI=1S/C23H30N6O5/c1-28(2)8-7-25-23(34)14-5-6-16(31)21-19(14)26-22-18(33)9-17(32)15(20(22)27-21)11-24-10-13(30)12-29(3)4/h5-6,9,11,13,24,26,30,32H,7-8,10,12H2,1-4H3,(H,25,34). The molecule has 11 heteroatoms. The van der Waals surface area contributed by atoms with E-state index in [1.165, 1.54) is 18.3 Å². The highest BCUT2D eigenvalue weighted by Gasteiger charge is 2.17. The van der Waals surface area contributed by atoms with Crippen LogP contribution in [0.5, 0.6) is 5.75 Å². The molecule has 5 N–H and O–H groups in total. The van der Waals surface area contributed by atoms with Crippen LogP contribution in [0.25, 0.3) is 28.3 Å². The van der Waals surface area contributed by atoms with Crippen molar-refractivity contribution in [2.24, 2.45) is 0 Å². The highest BCUT2D eigenvalue weighted by molar-refractivity contribution is 6.06. The summed E-state index contributed by atoms with van der Waals surface area (Å²) < 4.78 is 0. The van der Waals surface area contributed by atoms with Crippen molar-refractivity contribution in [3.8, 4) is 5.75 Å². The third-order valence-corrected chi connectivity index (χ3v) is 5.16. The Bertz CT molecular complexity index is 1370. The fourth-order valence-electron chi connectivity index (χ4n) is 3.53. The molecule has 0 bridgehead atoms. The minimum Gasteiger partial charge on any atom is -0.507 e. The topological polar surface area (TPSA) is 151 Å². The second-order valence-corrected chi connectivity index (χ2v) is 8.63. The molecule has 1 unspecified atom stereocenters. The highest BCUT2D eigenvalue weighted by atomic mass is 16.3. The van der Waals surface area contributed by atoms with Crippen molar-refractivity contribution in [3.05, 3.63) is 49.4 Å². The number of nitrogens with zero attached hydrogens (tertiary/aromatic N) is 3. The third-order valence-electron chi connectivity index (χ3n) is 5.16. The average molecular weight is 471 g/mol. The van der Waals surface area contributed by atoms with Crippen LogP contribution >= 0.6 is 0 Å². The minimum absolute atomic E-state index is 0.0277. The van der Waals surface area contributed by atoms with Crippen LogP contribution in [-0.2, 0) is 0 Å². The van der Waals surface area contributed by atoms with Crippen molar-refractivity contribution < 1.29 is 15.0 Å². The lowest BCUT2D eigenvalue weighted by molar-refractivity contribution is 0.0952. The number of carbonyl (C=O) groups is 1. The number of rotatable bonds is 9. The number of fused-ring (bicyclic) bond motifs is 2. The number of benzene rings is 2. The number of phenols is 1. The van der Waals surface area contributed by atoms with Gasteiger partial charge in [0.25, 0.3) is 5.91 Å². The van der Waals surface area contributed by atoms with Crippen molar-refractivity contribution in [1.82, 2.24) is 30.4 Å². The number of aromatic amines is 1. The second-order valence-electron chi connectivity index (χ2n) is 8.63. The SMILES string of the molecule is CN(C)CCNC(=O)c1ccc(=O)c2nc3c(=CNCC(O)CN(C)C)c(O)cc(=O)c3[nH]c12. The van der Waals surface area contributed by atoms with E-state index in [9.17, 15) is 24.6 Å². The van der Waals surface area contributed by atoms with Crippen LogP contribution in [0.3, 0.4) is 0 Å². The van der Waals surface area contributed by atoms with Crippen LogP contribution in [0.2, 0.25) is 0 Å². The van der Waals surface area contributed by atoms with Gasteiger partial charge >= 0.3 is 0 Å². The summed E-state index contributed by atoms with van der Waals surface area (Å²) in [7, 11) is 7.44. The largest absolute Gasteiger partial charge is 0.507 e. The van der Waals surface area contributed by atoms with Crippen LogP contribution in [0.4, 0.5) is 0 Å². The molecule has 0 saturated heterocycles. The lowest BCUT2D eigenvalue weighted by Crippen LogP contribution is -2.33. The van der Waals surface area contributed by atoms with E-state index in [-0.39, 0.29) is 45.1 Å². The van der Waals surface area contributed by atoms with Gasteiger partial charge in [-0.2, -0.15) is 0 Å². The Morgan fingerprint density at radius 1 is 1.12 bits per heavy atom. The van der Waals surface area contributed by atoms with Gasteiger partial charge in [-0.3, -0.25) is 14.4 Å². The molecule has 0 fully saturated rings. The first-order valence-electron chi connectivity index (χ1n) is 10.8. The number of hydrogen-bond acceptors (Lipinski definition) is 9. The Morgan fingerprint density at radius 2 is 1.85 bits per heavy atom. The zero-order valence-corrected chi connectivity index (χ0v) is 19.7. The summed E-state index contributed by atoms with van der Waals surface area (Å²) in [6, 6.07) is 3.68. The molecule has 1 aromatic heterocycles. The van der Waals surface area contributed by atoms with Gasteiger partial charge in [0, 0.05) is 38.4 Å². The summed E-state index contributed by atoms with van der Waals surface area (Å²) in [6.07, 6.45) is 0.769. The lowest BCUT2D eigenvalue weighted by Gasteiger charge is -2.15. The first-order valence-corrected chi connectivity index (χ1v) is 10.8. The maximum atomic E-state index is 12.7. The summed E-state index contributed by atoms with van der Waals surface area (Å²) in [5.74, 6) is -0.726. The Balaban J connectivity index is 2.10. The Kier molecular flexibility index (Phi) is 7.82. The molecule has 0 spiro atoms. The number of carbonyl (C=O) groups excluding carboxylic acids is 1. The summed E-state index contributed by atoms with van der Waals surface area (Å²) in [5, 5.41) is 26.3. The molecule has 0 saturated carbocycles. The maximum absolute atomic E-state index is 12.7. The number of aliphatic hydroxyl groups excluding tert-OH is 1. The fraction of sp³-hybridized carbons (Fsp3) is 0.391. The van der Waals surface area contributed by atoms with Gasteiger partial charge in [0.15, 0.2) is 0 Å². The summed E-state index contributed by atoms with van der Waals surface area (Å²) >= 11 is 0. The zero-order valence-electron chi connectivity index (χ0n) is 19.7. The Labute approximate surface area is 195 Å². The smallest absolute Gasteiger partial charge is 0.253 e. The number of hydrogen-bond donors (Lipinski definition) is 5. The molecule has 34 heavy (non-hydrogen) atoms. The molecule has 1 amide bonds. The molecular weight excluding hydrogens is 440 g/mol. The predicted octanol–water partition coefficient (Wildman–Crippen LogP) is -1.60. The predicted molar refractivity (Wildman–Crippen MR) is 131 cm³/mol. The van der Waals surface area contributed by atoms with Crippen LogP contribution in [0.1, 0.15) is 10.4 Å². The fourth-order valence-corrected chi connectivity index (χ4v) is 3.53. The van der Waals surface area contributed by atoms with Gasteiger partial charge in [0.2, 0.25) is 10.9 Å². The number of aromatic hydroxyl groups is 1. The monoisotopic (exact) mass is 470 g/mol. The van der Waals surface area contributed by atoms with E-state index in [1.807, 2.05) is 38.0 Å².